The molecule has 0 aromatic carbocycles. The highest BCUT2D eigenvalue weighted by Gasteiger charge is 2.22. The molecule has 1 aliphatic heterocycles. The fourth-order valence-electron chi connectivity index (χ4n) is 2.45. The monoisotopic (exact) mass is 343 g/mol. The number of fused-ring (bicyclic) bond motifs is 1. The molecule has 0 fully saturated rings. The first-order chi connectivity index (χ1) is 10.3. The lowest BCUT2D eigenvalue weighted by molar-refractivity contribution is 0.215. The van der Waals surface area contributed by atoms with E-state index >= 15 is 0 Å². The van der Waals surface area contributed by atoms with Crippen LogP contribution in [0.5, 0.6) is 0 Å². The van der Waals surface area contributed by atoms with Gasteiger partial charge in [-0.2, -0.15) is 8.42 Å². The van der Waals surface area contributed by atoms with E-state index in [2.05, 4.69) is 9.97 Å². The molecule has 0 aliphatic carbocycles. The van der Waals surface area contributed by atoms with E-state index in [1.807, 2.05) is 4.90 Å². The first-order valence-electron chi connectivity index (χ1n) is 6.46. The Bertz CT molecular complexity index is 925. The van der Waals surface area contributed by atoms with Crippen molar-refractivity contribution in [2.45, 2.75) is 24.6 Å². The van der Waals surface area contributed by atoms with Crippen LogP contribution < -0.4 is 5.56 Å². The average molecular weight is 343 g/mol. The van der Waals surface area contributed by atoms with E-state index in [1.165, 1.54) is 12.1 Å². The lowest BCUT2D eigenvalue weighted by Gasteiger charge is -2.26. The van der Waals surface area contributed by atoms with Gasteiger partial charge >= 0.3 is 10.1 Å². The standard InChI is InChI=1S/C12H13N3O5S2/c16-11-8-6-15(4-3-9(8)13-12(21)14-11)5-7-1-2-10(20-7)22(17,18)19/h1-2H,3-6H2,(H,17,18,19)(H2,13,14,16,21). The van der Waals surface area contributed by atoms with Crippen molar-refractivity contribution < 1.29 is 17.4 Å². The first-order valence-corrected chi connectivity index (χ1v) is 8.30. The van der Waals surface area contributed by atoms with Gasteiger partial charge in [-0.05, 0) is 24.4 Å². The topological polar surface area (TPSA) is 119 Å². The average Bonchev–Trinajstić information content (AvgIpc) is 2.88. The molecule has 0 saturated carbocycles. The minimum absolute atomic E-state index is 0.221. The van der Waals surface area contributed by atoms with Gasteiger partial charge in [0, 0.05) is 25.2 Å². The number of rotatable bonds is 3. The lowest BCUT2D eigenvalue weighted by Crippen LogP contribution is -2.35. The zero-order valence-corrected chi connectivity index (χ0v) is 13.0. The molecule has 0 bridgehead atoms. The van der Waals surface area contributed by atoms with E-state index < -0.39 is 15.2 Å². The summed E-state index contributed by atoms with van der Waals surface area (Å²) in [6, 6.07) is 2.69. The van der Waals surface area contributed by atoms with E-state index in [4.69, 9.17) is 21.2 Å². The maximum absolute atomic E-state index is 11.9. The summed E-state index contributed by atoms with van der Waals surface area (Å²) < 4.78 is 36.2. The SMILES string of the molecule is O=c1[nH]c(=S)[nH]c2c1CN(Cc1ccc(S(=O)(=O)O)o1)CC2. The van der Waals surface area contributed by atoms with Crippen LogP contribution in [0.4, 0.5) is 0 Å². The van der Waals surface area contributed by atoms with Gasteiger partial charge in [0.1, 0.15) is 5.76 Å². The number of hydrogen-bond acceptors (Lipinski definition) is 6. The van der Waals surface area contributed by atoms with Gasteiger partial charge in [0.15, 0.2) is 4.77 Å². The Morgan fingerprint density at radius 1 is 1.36 bits per heavy atom. The first kappa shape index (κ1) is 15.2. The Morgan fingerprint density at radius 3 is 2.82 bits per heavy atom. The second-order valence-corrected chi connectivity index (χ2v) is 6.78. The fraction of sp³-hybridized carbons (Fsp3) is 0.333. The predicted molar refractivity (Wildman–Crippen MR) is 78.6 cm³/mol. The summed E-state index contributed by atoms with van der Waals surface area (Å²) in [6.07, 6.45) is 0.634. The molecular formula is C12H13N3O5S2. The third-order valence-electron chi connectivity index (χ3n) is 3.46. The van der Waals surface area contributed by atoms with Gasteiger partial charge < -0.3 is 9.40 Å². The third-order valence-corrected chi connectivity index (χ3v) is 4.39. The summed E-state index contributed by atoms with van der Waals surface area (Å²) in [5.41, 5.74) is 1.21. The Labute approximate surface area is 130 Å². The number of H-pyrrole nitrogens is 2. The largest absolute Gasteiger partial charge is 0.446 e. The number of furan rings is 1. The number of aromatic amines is 2. The van der Waals surface area contributed by atoms with E-state index in [1.54, 1.807) is 0 Å². The molecule has 10 heteroatoms. The van der Waals surface area contributed by atoms with Gasteiger partial charge in [-0.15, -0.1) is 0 Å². The van der Waals surface area contributed by atoms with Crippen LogP contribution in [-0.4, -0.2) is 34.4 Å². The van der Waals surface area contributed by atoms with E-state index in [-0.39, 0.29) is 5.56 Å². The zero-order chi connectivity index (χ0) is 15.9. The van der Waals surface area contributed by atoms with Crippen molar-refractivity contribution >= 4 is 22.3 Å². The molecule has 0 saturated heterocycles. The lowest BCUT2D eigenvalue weighted by atomic mass is 10.1. The Morgan fingerprint density at radius 2 is 2.14 bits per heavy atom. The fourth-order valence-corrected chi connectivity index (χ4v) is 3.12. The van der Waals surface area contributed by atoms with Crippen molar-refractivity contribution in [1.82, 2.24) is 14.9 Å². The van der Waals surface area contributed by atoms with Crippen LogP contribution in [0.1, 0.15) is 17.0 Å². The van der Waals surface area contributed by atoms with Crippen molar-refractivity contribution in [3.8, 4) is 0 Å². The summed E-state index contributed by atoms with van der Waals surface area (Å²) in [5, 5.41) is -0.484. The second-order valence-electron chi connectivity index (χ2n) is 5.02. The molecule has 3 heterocycles. The highest BCUT2D eigenvalue weighted by molar-refractivity contribution is 7.85. The molecule has 0 amide bonds. The maximum Gasteiger partial charge on any atom is 0.328 e. The van der Waals surface area contributed by atoms with Gasteiger partial charge in [-0.3, -0.25) is 19.2 Å². The maximum atomic E-state index is 11.9. The molecule has 2 aromatic heterocycles. The van der Waals surface area contributed by atoms with Crippen LogP contribution in [-0.2, 0) is 29.6 Å². The van der Waals surface area contributed by atoms with E-state index in [0.29, 0.717) is 42.1 Å². The summed E-state index contributed by atoms with van der Waals surface area (Å²) >= 11 is 4.94. The number of nitrogens with one attached hydrogen (secondary N) is 2. The Hall–Kier alpha value is -1.75. The van der Waals surface area contributed by atoms with Gasteiger partial charge in [0.05, 0.1) is 12.1 Å². The van der Waals surface area contributed by atoms with Gasteiger partial charge in [0.2, 0.25) is 5.09 Å². The predicted octanol–water partition coefficient (Wildman–Crippen LogP) is 0.830. The van der Waals surface area contributed by atoms with E-state index in [0.717, 1.165) is 5.69 Å². The molecular weight excluding hydrogens is 330 g/mol. The number of hydrogen-bond donors (Lipinski definition) is 3. The van der Waals surface area contributed by atoms with Crippen molar-refractivity contribution in [3.63, 3.8) is 0 Å². The van der Waals surface area contributed by atoms with Crippen LogP contribution in [0.15, 0.2) is 26.4 Å². The highest BCUT2D eigenvalue weighted by atomic mass is 32.2. The smallest absolute Gasteiger partial charge is 0.328 e. The molecule has 8 nitrogen and oxygen atoms in total. The molecule has 118 valence electrons. The van der Waals surface area contributed by atoms with Crippen LogP contribution in [0, 0.1) is 4.77 Å². The summed E-state index contributed by atoms with van der Waals surface area (Å²) in [4.78, 5) is 19.4. The summed E-state index contributed by atoms with van der Waals surface area (Å²) in [6.45, 7) is 1.41. The summed E-state index contributed by atoms with van der Waals surface area (Å²) in [7, 11) is -4.34. The molecule has 3 rings (SSSR count). The van der Waals surface area contributed by atoms with Gasteiger partial charge in [-0.1, -0.05) is 0 Å². The van der Waals surface area contributed by atoms with Crippen molar-refractivity contribution in [2.75, 3.05) is 6.54 Å². The van der Waals surface area contributed by atoms with Gasteiger partial charge in [0.25, 0.3) is 5.56 Å². The molecule has 0 radical (unpaired) electrons. The normalized spacial score (nSPS) is 15.7. The summed E-state index contributed by atoms with van der Waals surface area (Å²) in [5.74, 6) is 0.399. The van der Waals surface area contributed by atoms with Crippen LogP contribution in [0.25, 0.3) is 0 Å². The van der Waals surface area contributed by atoms with Crippen molar-refractivity contribution in [2.24, 2.45) is 0 Å². The van der Waals surface area contributed by atoms with Crippen LogP contribution in [0.3, 0.4) is 0 Å². The number of aromatic nitrogens is 2. The molecule has 0 atom stereocenters. The quantitative estimate of drug-likeness (QED) is 0.558. The van der Waals surface area contributed by atoms with Crippen LogP contribution >= 0.6 is 12.2 Å². The highest BCUT2D eigenvalue weighted by Crippen LogP contribution is 2.19. The van der Waals surface area contributed by atoms with Crippen molar-refractivity contribution in [3.05, 3.63) is 44.3 Å². The third kappa shape index (κ3) is 3.04. The minimum Gasteiger partial charge on any atom is -0.446 e. The van der Waals surface area contributed by atoms with Gasteiger partial charge in [-0.25, -0.2) is 0 Å². The second kappa shape index (κ2) is 5.47. The Balaban J connectivity index is 1.80. The molecule has 22 heavy (non-hydrogen) atoms. The van der Waals surface area contributed by atoms with Crippen LogP contribution in [0.2, 0.25) is 0 Å². The number of nitrogens with zero attached hydrogens (tertiary/aromatic N) is 1. The minimum atomic E-state index is -4.34. The molecule has 1 aliphatic rings. The molecule has 0 unspecified atom stereocenters. The molecule has 0 spiro atoms. The van der Waals surface area contributed by atoms with Crippen molar-refractivity contribution in [1.29, 1.82) is 0 Å². The molecule has 2 aromatic rings. The van der Waals surface area contributed by atoms with E-state index in [9.17, 15) is 13.2 Å². The zero-order valence-electron chi connectivity index (χ0n) is 11.3. The molecule has 3 N–H and O–H groups in total. The Kier molecular flexibility index (Phi) is 3.77.